The molecule has 2 aromatic rings. The molecule has 0 unspecified atom stereocenters. The minimum Gasteiger partial charge on any atom is -0.496 e. The zero-order valence-electron chi connectivity index (χ0n) is 14.2. The summed E-state index contributed by atoms with van der Waals surface area (Å²) in [6.45, 7) is 7.11. The van der Waals surface area contributed by atoms with E-state index in [1.807, 2.05) is 6.07 Å². The Morgan fingerprint density at radius 3 is 2.48 bits per heavy atom. The first-order valence-electron chi connectivity index (χ1n) is 7.77. The van der Waals surface area contributed by atoms with Crippen molar-refractivity contribution in [3.8, 4) is 5.75 Å². The lowest BCUT2D eigenvalue weighted by Gasteiger charge is -2.21. The van der Waals surface area contributed by atoms with E-state index in [0.717, 1.165) is 17.7 Å². The highest BCUT2D eigenvalue weighted by atomic mass is 16.5. The molecule has 23 heavy (non-hydrogen) atoms. The third-order valence-corrected chi connectivity index (χ3v) is 3.77. The number of pyridine rings is 1. The second-order valence-electron chi connectivity index (χ2n) is 6.52. The van der Waals surface area contributed by atoms with Crippen LogP contribution in [-0.2, 0) is 11.8 Å². The molecule has 1 amide bonds. The highest BCUT2D eigenvalue weighted by molar-refractivity contribution is 5.93. The number of methoxy groups -OCH3 is 1. The van der Waals surface area contributed by atoms with Crippen molar-refractivity contribution < 1.29 is 9.53 Å². The summed E-state index contributed by atoms with van der Waals surface area (Å²) in [5.41, 5.74) is 3.07. The van der Waals surface area contributed by atoms with Gasteiger partial charge in [0.15, 0.2) is 0 Å². The van der Waals surface area contributed by atoms with E-state index in [1.54, 1.807) is 31.6 Å². The summed E-state index contributed by atoms with van der Waals surface area (Å²) in [5, 5.41) is 2.93. The van der Waals surface area contributed by atoms with E-state index < -0.39 is 0 Å². The molecule has 1 heterocycles. The molecular weight excluding hydrogens is 288 g/mol. The Bertz CT molecular complexity index is 661. The lowest BCUT2D eigenvalue weighted by molar-refractivity contribution is 0.0954. The SMILES string of the molecule is COc1ccc(C(C)(C)C)cc1CCNC(=O)c1ccncc1. The summed E-state index contributed by atoms with van der Waals surface area (Å²) in [6, 6.07) is 9.67. The van der Waals surface area contributed by atoms with Crippen molar-refractivity contribution >= 4 is 5.91 Å². The standard InChI is InChI=1S/C19H24N2O2/c1-19(2,3)16-5-6-17(23-4)15(13-16)9-12-21-18(22)14-7-10-20-11-8-14/h5-8,10-11,13H,9,12H2,1-4H3,(H,21,22). The average Bonchev–Trinajstić information content (AvgIpc) is 2.54. The van der Waals surface area contributed by atoms with Crippen LogP contribution in [0.4, 0.5) is 0 Å². The molecule has 1 aromatic heterocycles. The van der Waals surface area contributed by atoms with Gasteiger partial charge in [0.25, 0.3) is 5.91 Å². The van der Waals surface area contributed by atoms with Gasteiger partial charge in [-0.2, -0.15) is 0 Å². The number of carbonyl (C=O) groups is 1. The Morgan fingerprint density at radius 2 is 1.87 bits per heavy atom. The molecule has 0 saturated heterocycles. The Kier molecular flexibility index (Phi) is 5.37. The van der Waals surface area contributed by atoms with Crippen LogP contribution < -0.4 is 10.1 Å². The molecule has 0 aliphatic heterocycles. The van der Waals surface area contributed by atoms with Gasteiger partial charge in [-0.1, -0.05) is 32.9 Å². The molecule has 0 saturated carbocycles. The summed E-state index contributed by atoms with van der Waals surface area (Å²) in [7, 11) is 1.67. The lowest BCUT2D eigenvalue weighted by Crippen LogP contribution is -2.25. The normalized spacial score (nSPS) is 11.1. The van der Waals surface area contributed by atoms with Gasteiger partial charge >= 0.3 is 0 Å². The van der Waals surface area contributed by atoms with Crippen LogP contribution in [0.3, 0.4) is 0 Å². The summed E-state index contributed by atoms with van der Waals surface area (Å²) in [5.74, 6) is 0.773. The van der Waals surface area contributed by atoms with Gasteiger partial charge in [-0.3, -0.25) is 9.78 Å². The number of nitrogens with one attached hydrogen (secondary N) is 1. The third-order valence-electron chi connectivity index (χ3n) is 3.77. The van der Waals surface area contributed by atoms with Crippen LogP contribution >= 0.6 is 0 Å². The molecule has 0 spiro atoms. The summed E-state index contributed by atoms with van der Waals surface area (Å²) in [6.07, 6.45) is 3.96. The molecule has 0 atom stereocenters. The maximum absolute atomic E-state index is 12.0. The molecule has 0 fully saturated rings. The lowest BCUT2D eigenvalue weighted by atomic mass is 9.85. The maximum Gasteiger partial charge on any atom is 0.251 e. The molecule has 2 rings (SSSR count). The highest BCUT2D eigenvalue weighted by Crippen LogP contribution is 2.28. The van der Waals surface area contributed by atoms with Gasteiger partial charge in [0.05, 0.1) is 7.11 Å². The first kappa shape index (κ1) is 17.0. The van der Waals surface area contributed by atoms with Crippen molar-refractivity contribution in [2.24, 2.45) is 0 Å². The van der Waals surface area contributed by atoms with Crippen molar-refractivity contribution in [1.82, 2.24) is 10.3 Å². The van der Waals surface area contributed by atoms with Crippen LogP contribution in [0.25, 0.3) is 0 Å². The number of hydrogen-bond donors (Lipinski definition) is 1. The molecular formula is C19H24N2O2. The fourth-order valence-electron chi connectivity index (χ4n) is 2.36. The molecule has 1 aromatic carbocycles. The number of carbonyl (C=O) groups excluding carboxylic acids is 1. The van der Waals surface area contributed by atoms with Gasteiger partial charge in [0.1, 0.15) is 5.75 Å². The van der Waals surface area contributed by atoms with Gasteiger partial charge in [-0.25, -0.2) is 0 Å². The zero-order valence-corrected chi connectivity index (χ0v) is 14.2. The molecule has 122 valence electrons. The fourth-order valence-corrected chi connectivity index (χ4v) is 2.36. The van der Waals surface area contributed by atoms with Crippen molar-refractivity contribution in [3.63, 3.8) is 0 Å². The predicted octanol–water partition coefficient (Wildman–Crippen LogP) is 3.36. The predicted molar refractivity (Wildman–Crippen MR) is 92.0 cm³/mol. The van der Waals surface area contributed by atoms with Crippen LogP contribution in [0.15, 0.2) is 42.7 Å². The summed E-state index contributed by atoms with van der Waals surface area (Å²) < 4.78 is 5.43. The summed E-state index contributed by atoms with van der Waals surface area (Å²) in [4.78, 5) is 16.0. The van der Waals surface area contributed by atoms with E-state index in [1.165, 1.54) is 5.56 Å². The van der Waals surface area contributed by atoms with Gasteiger partial charge in [-0.05, 0) is 41.2 Å². The maximum atomic E-state index is 12.0. The highest BCUT2D eigenvalue weighted by Gasteiger charge is 2.16. The van der Waals surface area contributed by atoms with Crippen LogP contribution in [0, 0.1) is 0 Å². The van der Waals surface area contributed by atoms with Crippen molar-refractivity contribution in [2.45, 2.75) is 32.6 Å². The van der Waals surface area contributed by atoms with E-state index in [-0.39, 0.29) is 11.3 Å². The number of rotatable bonds is 5. The van der Waals surface area contributed by atoms with E-state index in [4.69, 9.17) is 4.74 Å². The van der Waals surface area contributed by atoms with Crippen molar-refractivity contribution in [1.29, 1.82) is 0 Å². The van der Waals surface area contributed by atoms with Gasteiger partial charge in [0, 0.05) is 24.5 Å². The summed E-state index contributed by atoms with van der Waals surface area (Å²) >= 11 is 0. The van der Waals surface area contributed by atoms with Crippen molar-refractivity contribution in [2.75, 3.05) is 13.7 Å². The number of hydrogen-bond acceptors (Lipinski definition) is 3. The second-order valence-corrected chi connectivity index (χ2v) is 6.52. The monoisotopic (exact) mass is 312 g/mol. The van der Waals surface area contributed by atoms with Crippen LogP contribution in [0.2, 0.25) is 0 Å². The minimum absolute atomic E-state index is 0.0846. The largest absolute Gasteiger partial charge is 0.496 e. The second kappa shape index (κ2) is 7.27. The molecule has 0 aliphatic carbocycles. The van der Waals surface area contributed by atoms with E-state index in [2.05, 4.69) is 43.2 Å². The van der Waals surface area contributed by atoms with Gasteiger partial charge < -0.3 is 10.1 Å². The van der Waals surface area contributed by atoms with E-state index in [0.29, 0.717) is 12.1 Å². The van der Waals surface area contributed by atoms with Gasteiger partial charge in [0.2, 0.25) is 0 Å². The Morgan fingerprint density at radius 1 is 1.17 bits per heavy atom. The van der Waals surface area contributed by atoms with Crippen LogP contribution in [-0.4, -0.2) is 24.5 Å². The molecule has 0 aliphatic rings. The van der Waals surface area contributed by atoms with Gasteiger partial charge in [-0.15, -0.1) is 0 Å². The number of nitrogens with zero attached hydrogens (tertiary/aromatic N) is 1. The Hall–Kier alpha value is -2.36. The Balaban J connectivity index is 2.03. The average molecular weight is 312 g/mol. The molecule has 1 N–H and O–H groups in total. The molecule has 0 bridgehead atoms. The quantitative estimate of drug-likeness (QED) is 0.921. The molecule has 4 nitrogen and oxygen atoms in total. The van der Waals surface area contributed by atoms with E-state index >= 15 is 0 Å². The first-order chi connectivity index (χ1) is 10.9. The minimum atomic E-state index is -0.0849. The van der Waals surface area contributed by atoms with E-state index in [9.17, 15) is 4.79 Å². The first-order valence-corrected chi connectivity index (χ1v) is 7.77. The zero-order chi connectivity index (χ0) is 16.9. The molecule has 0 radical (unpaired) electrons. The topological polar surface area (TPSA) is 51.2 Å². The fraction of sp³-hybridized carbons (Fsp3) is 0.368. The van der Waals surface area contributed by atoms with Crippen LogP contribution in [0.1, 0.15) is 42.3 Å². The number of benzene rings is 1. The number of amides is 1. The Labute approximate surface area is 137 Å². The number of aromatic nitrogens is 1. The van der Waals surface area contributed by atoms with Crippen molar-refractivity contribution in [3.05, 3.63) is 59.4 Å². The third kappa shape index (κ3) is 4.55. The molecule has 4 heteroatoms. The number of ether oxygens (including phenoxy) is 1. The smallest absolute Gasteiger partial charge is 0.251 e. The van der Waals surface area contributed by atoms with Crippen LogP contribution in [0.5, 0.6) is 5.75 Å².